The molecule has 10 heteroatoms. The van der Waals surface area contributed by atoms with Crippen molar-refractivity contribution in [3.63, 3.8) is 0 Å². The Balaban J connectivity index is 2.42. The minimum Gasteiger partial charge on any atom is -0.365 e. The Labute approximate surface area is 152 Å². The zero-order chi connectivity index (χ0) is 18.8. The lowest BCUT2D eigenvalue weighted by Crippen LogP contribution is -2.21. The Morgan fingerprint density at radius 3 is 2.52 bits per heavy atom. The summed E-state index contributed by atoms with van der Waals surface area (Å²) in [5, 5.41) is 11.4. The van der Waals surface area contributed by atoms with E-state index in [4.69, 9.17) is 0 Å². The molecule has 2 aromatic rings. The van der Waals surface area contributed by atoms with E-state index in [0.29, 0.717) is 4.47 Å². The van der Waals surface area contributed by atoms with Gasteiger partial charge in [-0.05, 0) is 36.9 Å². The van der Waals surface area contributed by atoms with E-state index in [1.54, 1.807) is 18.0 Å². The van der Waals surface area contributed by atoms with Crippen LogP contribution in [-0.4, -0.2) is 27.4 Å². The van der Waals surface area contributed by atoms with Crippen LogP contribution in [0.15, 0.2) is 45.8 Å². The molecular formula is C15H15BrFN3O4S. The van der Waals surface area contributed by atoms with Gasteiger partial charge in [-0.3, -0.25) is 10.1 Å². The van der Waals surface area contributed by atoms with Crippen LogP contribution in [-0.2, 0) is 16.6 Å². The quantitative estimate of drug-likeness (QED) is 0.560. The molecule has 0 heterocycles. The van der Waals surface area contributed by atoms with E-state index in [2.05, 4.69) is 20.7 Å². The predicted octanol–water partition coefficient (Wildman–Crippen LogP) is 3.04. The van der Waals surface area contributed by atoms with Gasteiger partial charge in [0.25, 0.3) is 5.69 Å². The first kappa shape index (κ1) is 19.3. The van der Waals surface area contributed by atoms with Crippen LogP contribution in [0.25, 0.3) is 0 Å². The van der Waals surface area contributed by atoms with Crippen molar-refractivity contribution in [1.82, 2.24) is 4.72 Å². The maximum atomic E-state index is 13.2. The molecule has 0 unspecified atom stereocenters. The second-order valence-electron chi connectivity index (χ2n) is 5.21. The highest BCUT2D eigenvalue weighted by atomic mass is 79.9. The van der Waals surface area contributed by atoms with Gasteiger partial charge >= 0.3 is 0 Å². The lowest BCUT2D eigenvalue weighted by Gasteiger charge is -2.20. The number of benzene rings is 2. The second-order valence-corrected chi connectivity index (χ2v) is 7.95. The molecule has 2 rings (SSSR count). The fourth-order valence-corrected chi connectivity index (χ4v) is 3.47. The number of nitro benzene ring substituents is 1. The van der Waals surface area contributed by atoms with Gasteiger partial charge in [0, 0.05) is 24.1 Å². The Morgan fingerprint density at radius 1 is 1.28 bits per heavy atom. The average molecular weight is 432 g/mol. The summed E-state index contributed by atoms with van der Waals surface area (Å²) in [4.78, 5) is 12.1. The van der Waals surface area contributed by atoms with E-state index in [1.807, 2.05) is 0 Å². The first-order chi connectivity index (χ1) is 11.7. The molecule has 7 nitrogen and oxygen atoms in total. The third-order valence-electron chi connectivity index (χ3n) is 3.56. The summed E-state index contributed by atoms with van der Waals surface area (Å²) in [5.41, 5.74) is 0.637. The highest BCUT2D eigenvalue weighted by molar-refractivity contribution is 9.10. The summed E-state index contributed by atoms with van der Waals surface area (Å²) < 4.78 is 39.5. The monoisotopic (exact) mass is 431 g/mol. The molecule has 2 aromatic carbocycles. The van der Waals surface area contributed by atoms with Crippen molar-refractivity contribution in [3.05, 3.63) is 62.4 Å². The summed E-state index contributed by atoms with van der Waals surface area (Å²) >= 11 is 3.25. The largest absolute Gasteiger partial charge is 0.365 e. The van der Waals surface area contributed by atoms with Gasteiger partial charge in [-0.2, -0.15) is 0 Å². The Bertz CT molecular complexity index is 921. The van der Waals surface area contributed by atoms with Crippen LogP contribution in [0.4, 0.5) is 15.8 Å². The third kappa shape index (κ3) is 4.33. The van der Waals surface area contributed by atoms with Gasteiger partial charge in [-0.25, -0.2) is 17.5 Å². The number of halogens is 2. The van der Waals surface area contributed by atoms with E-state index >= 15 is 0 Å². The summed E-state index contributed by atoms with van der Waals surface area (Å²) in [6, 6.07) is 7.86. The molecule has 0 fully saturated rings. The minimum absolute atomic E-state index is 0.193. The molecule has 134 valence electrons. The molecule has 0 aliphatic rings. The molecular weight excluding hydrogens is 417 g/mol. The highest BCUT2D eigenvalue weighted by Crippen LogP contribution is 2.31. The van der Waals surface area contributed by atoms with Crippen molar-refractivity contribution in [2.45, 2.75) is 11.4 Å². The van der Waals surface area contributed by atoms with Crippen LogP contribution in [0.2, 0.25) is 0 Å². The fraction of sp³-hybridized carbons (Fsp3) is 0.200. The molecule has 0 radical (unpaired) electrons. The van der Waals surface area contributed by atoms with Crippen LogP contribution < -0.4 is 9.62 Å². The van der Waals surface area contributed by atoms with Gasteiger partial charge in [0.15, 0.2) is 0 Å². The number of rotatable bonds is 6. The van der Waals surface area contributed by atoms with Crippen molar-refractivity contribution in [2.24, 2.45) is 0 Å². The zero-order valence-electron chi connectivity index (χ0n) is 13.4. The lowest BCUT2D eigenvalue weighted by molar-refractivity contribution is -0.384. The van der Waals surface area contributed by atoms with Crippen molar-refractivity contribution >= 4 is 37.3 Å². The van der Waals surface area contributed by atoms with E-state index in [0.717, 1.165) is 11.6 Å². The first-order valence-electron chi connectivity index (χ1n) is 7.02. The van der Waals surface area contributed by atoms with E-state index in [-0.39, 0.29) is 22.8 Å². The lowest BCUT2D eigenvalue weighted by atomic mass is 10.2. The molecule has 0 amide bonds. The van der Waals surface area contributed by atoms with Crippen molar-refractivity contribution in [2.75, 3.05) is 19.0 Å². The van der Waals surface area contributed by atoms with E-state index < -0.39 is 20.8 Å². The number of nitrogens with one attached hydrogen (secondary N) is 1. The molecule has 0 atom stereocenters. The predicted molar refractivity (Wildman–Crippen MR) is 95.5 cm³/mol. The average Bonchev–Trinajstić information content (AvgIpc) is 2.56. The van der Waals surface area contributed by atoms with Crippen LogP contribution >= 0.6 is 15.9 Å². The smallest absolute Gasteiger partial charge is 0.293 e. The molecule has 0 saturated heterocycles. The summed E-state index contributed by atoms with van der Waals surface area (Å²) in [6.45, 7) is 0.264. The molecule has 1 N–H and O–H groups in total. The Kier molecular flexibility index (Phi) is 5.76. The number of sulfonamides is 1. The summed E-state index contributed by atoms with van der Waals surface area (Å²) in [7, 11) is -0.930. The SMILES string of the molecule is CNS(=O)(=O)c1ccc(N(C)Cc2ccc(F)cc2Br)c([N+](=O)[O-])c1. The Morgan fingerprint density at radius 2 is 1.96 bits per heavy atom. The summed E-state index contributed by atoms with van der Waals surface area (Å²) in [6.07, 6.45) is 0. The third-order valence-corrected chi connectivity index (χ3v) is 5.71. The fourth-order valence-electron chi connectivity index (χ4n) is 2.25. The highest BCUT2D eigenvalue weighted by Gasteiger charge is 2.22. The zero-order valence-corrected chi connectivity index (χ0v) is 15.8. The van der Waals surface area contributed by atoms with Gasteiger partial charge < -0.3 is 4.90 Å². The van der Waals surface area contributed by atoms with Gasteiger partial charge in [-0.15, -0.1) is 0 Å². The standard InChI is InChI=1S/C15H15BrFN3O4S/c1-18-25(23,24)12-5-6-14(15(8-12)20(21)22)19(2)9-10-3-4-11(17)7-13(10)16/h3-8,18H,9H2,1-2H3. The minimum atomic E-state index is -3.79. The molecule has 0 aliphatic carbocycles. The Hall–Kier alpha value is -2.04. The topological polar surface area (TPSA) is 92.6 Å². The van der Waals surface area contributed by atoms with E-state index in [9.17, 15) is 22.9 Å². The molecule has 25 heavy (non-hydrogen) atoms. The number of anilines is 1. The second kappa shape index (κ2) is 7.46. The van der Waals surface area contributed by atoms with Gasteiger partial charge in [0.1, 0.15) is 11.5 Å². The van der Waals surface area contributed by atoms with Crippen LogP contribution in [0.5, 0.6) is 0 Å². The number of hydrogen-bond acceptors (Lipinski definition) is 5. The van der Waals surface area contributed by atoms with Crippen molar-refractivity contribution in [1.29, 1.82) is 0 Å². The number of hydrogen-bond donors (Lipinski definition) is 1. The van der Waals surface area contributed by atoms with Crippen LogP contribution in [0, 0.1) is 15.9 Å². The van der Waals surface area contributed by atoms with Crippen molar-refractivity contribution < 1.29 is 17.7 Å². The molecule has 0 aromatic heterocycles. The maximum Gasteiger partial charge on any atom is 0.293 e. The van der Waals surface area contributed by atoms with Crippen LogP contribution in [0.1, 0.15) is 5.56 Å². The van der Waals surface area contributed by atoms with Gasteiger partial charge in [0.2, 0.25) is 10.0 Å². The van der Waals surface area contributed by atoms with Gasteiger partial charge in [-0.1, -0.05) is 22.0 Å². The molecule has 0 saturated carbocycles. The molecule has 0 spiro atoms. The van der Waals surface area contributed by atoms with Gasteiger partial charge in [0.05, 0.1) is 9.82 Å². The maximum absolute atomic E-state index is 13.2. The molecule has 0 aliphatic heterocycles. The summed E-state index contributed by atoms with van der Waals surface area (Å²) in [5.74, 6) is -0.397. The number of nitro groups is 1. The van der Waals surface area contributed by atoms with E-state index in [1.165, 1.54) is 31.3 Å². The normalized spacial score (nSPS) is 11.4. The first-order valence-corrected chi connectivity index (χ1v) is 9.30. The number of nitrogens with zero attached hydrogens (tertiary/aromatic N) is 2. The van der Waals surface area contributed by atoms with Crippen molar-refractivity contribution in [3.8, 4) is 0 Å². The molecule has 0 bridgehead atoms. The van der Waals surface area contributed by atoms with Crippen LogP contribution in [0.3, 0.4) is 0 Å².